The summed E-state index contributed by atoms with van der Waals surface area (Å²) in [5, 5.41) is 4.66. The van der Waals surface area contributed by atoms with Crippen molar-refractivity contribution < 1.29 is 4.79 Å². The molecule has 0 radical (unpaired) electrons. The molecular formula is C24H23N3O. The predicted molar refractivity (Wildman–Crippen MR) is 111 cm³/mol. The van der Waals surface area contributed by atoms with Crippen LogP contribution in [0.5, 0.6) is 0 Å². The summed E-state index contributed by atoms with van der Waals surface area (Å²) in [7, 11) is 0. The summed E-state index contributed by atoms with van der Waals surface area (Å²) in [5.74, 6) is 0.0565. The van der Waals surface area contributed by atoms with Crippen LogP contribution in [0.4, 0.5) is 5.69 Å². The first-order valence-electron chi connectivity index (χ1n) is 9.76. The summed E-state index contributed by atoms with van der Waals surface area (Å²) in [4.78, 5) is 22.6. The highest BCUT2D eigenvalue weighted by Gasteiger charge is 2.41. The number of pyridine rings is 2. The van der Waals surface area contributed by atoms with Crippen LogP contribution in [-0.2, 0) is 4.79 Å². The first-order valence-corrected chi connectivity index (χ1v) is 9.76. The number of benzene rings is 1. The van der Waals surface area contributed by atoms with E-state index in [0.717, 1.165) is 51.1 Å². The fourth-order valence-electron chi connectivity index (χ4n) is 4.63. The van der Waals surface area contributed by atoms with Crippen molar-refractivity contribution in [3.05, 3.63) is 76.9 Å². The minimum absolute atomic E-state index is 0.0376. The minimum atomic E-state index is -0.164. The van der Waals surface area contributed by atoms with E-state index in [-0.39, 0.29) is 17.1 Å². The summed E-state index contributed by atoms with van der Waals surface area (Å²) >= 11 is 0. The fourth-order valence-corrected chi connectivity index (χ4v) is 4.63. The lowest BCUT2D eigenvalue weighted by atomic mass is 9.69. The monoisotopic (exact) mass is 369 g/mol. The van der Waals surface area contributed by atoms with Gasteiger partial charge < -0.3 is 5.32 Å². The van der Waals surface area contributed by atoms with E-state index in [1.807, 2.05) is 31.5 Å². The molecule has 3 heterocycles. The molecule has 0 saturated heterocycles. The molecule has 0 bridgehead atoms. The Labute approximate surface area is 164 Å². The summed E-state index contributed by atoms with van der Waals surface area (Å²) < 4.78 is 0. The molecule has 1 unspecified atom stereocenters. The predicted octanol–water partition coefficient (Wildman–Crippen LogP) is 5.14. The number of fused-ring (bicyclic) bond motifs is 3. The number of rotatable bonds is 1. The topological polar surface area (TPSA) is 54.9 Å². The Balaban J connectivity index is 1.81. The average molecular weight is 369 g/mol. The van der Waals surface area contributed by atoms with Gasteiger partial charge in [-0.25, -0.2) is 0 Å². The number of hydrogen-bond acceptors (Lipinski definition) is 4. The van der Waals surface area contributed by atoms with Gasteiger partial charge in [0.2, 0.25) is 0 Å². The van der Waals surface area contributed by atoms with E-state index in [1.54, 1.807) is 0 Å². The standard InChI is InChI=1S/C24H23N3O/c1-14-6-7-17(26-13-14)23-21-15-5-4-10-25-16(15)8-9-18(21)27-19-11-24(2,3)12-20(28)22(19)23/h4-10,13,23,27H,11-12H2,1-3H3. The maximum atomic E-state index is 13.3. The number of hydrogen-bond donors (Lipinski definition) is 1. The number of carbonyl (C=O) groups excluding carboxylic acids is 1. The van der Waals surface area contributed by atoms with Gasteiger partial charge >= 0.3 is 0 Å². The van der Waals surface area contributed by atoms with Crippen molar-refractivity contribution in [3.63, 3.8) is 0 Å². The van der Waals surface area contributed by atoms with Crippen LogP contribution in [-0.4, -0.2) is 15.8 Å². The molecule has 0 fully saturated rings. The van der Waals surface area contributed by atoms with Gasteiger partial charge in [0.25, 0.3) is 0 Å². The number of carbonyl (C=O) groups is 1. The smallest absolute Gasteiger partial charge is 0.162 e. The van der Waals surface area contributed by atoms with Crippen molar-refractivity contribution in [1.29, 1.82) is 0 Å². The zero-order chi connectivity index (χ0) is 19.5. The molecule has 0 saturated carbocycles. The third-order valence-corrected chi connectivity index (χ3v) is 5.84. The van der Waals surface area contributed by atoms with Crippen LogP contribution >= 0.6 is 0 Å². The Bertz CT molecular complexity index is 1140. The molecule has 1 aliphatic heterocycles. The van der Waals surface area contributed by atoms with E-state index in [0.29, 0.717) is 6.42 Å². The minimum Gasteiger partial charge on any atom is -0.358 e. The number of nitrogens with one attached hydrogen (secondary N) is 1. The van der Waals surface area contributed by atoms with Gasteiger partial charge in [0.1, 0.15) is 0 Å². The molecule has 4 heteroatoms. The van der Waals surface area contributed by atoms with E-state index >= 15 is 0 Å². The van der Waals surface area contributed by atoms with Crippen molar-refractivity contribution >= 4 is 22.4 Å². The van der Waals surface area contributed by atoms with Crippen molar-refractivity contribution in [2.45, 2.75) is 39.5 Å². The van der Waals surface area contributed by atoms with Gasteiger partial charge in [-0.15, -0.1) is 0 Å². The Morgan fingerprint density at radius 3 is 2.71 bits per heavy atom. The summed E-state index contributed by atoms with van der Waals surface area (Å²) in [6.45, 7) is 6.36. The fraction of sp³-hybridized carbons (Fsp3) is 0.292. The van der Waals surface area contributed by atoms with Crippen molar-refractivity contribution in [3.8, 4) is 0 Å². The molecule has 0 spiro atoms. The maximum Gasteiger partial charge on any atom is 0.162 e. The second kappa shape index (κ2) is 5.99. The van der Waals surface area contributed by atoms with Crippen molar-refractivity contribution in [2.24, 2.45) is 5.41 Å². The van der Waals surface area contributed by atoms with Crippen LogP contribution in [0.1, 0.15) is 49.4 Å². The summed E-state index contributed by atoms with van der Waals surface area (Å²) in [5.41, 5.74) is 7.01. The second-order valence-electron chi connectivity index (χ2n) is 8.75. The quantitative estimate of drug-likeness (QED) is 0.645. The molecule has 5 rings (SSSR count). The number of Topliss-reactive ketones (excluding diaryl/α,β-unsaturated/α-hetero) is 1. The SMILES string of the molecule is Cc1ccc(C2C3=C(CC(C)(C)CC3=O)Nc3ccc4ncccc4c32)nc1. The van der Waals surface area contributed by atoms with E-state index in [2.05, 4.69) is 48.4 Å². The molecule has 3 aromatic rings. The number of allylic oxidation sites excluding steroid dienone is 2. The summed E-state index contributed by atoms with van der Waals surface area (Å²) in [6, 6.07) is 12.3. The van der Waals surface area contributed by atoms with E-state index in [4.69, 9.17) is 4.98 Å². The van der Waals surface area contributed by atoms with Gasteiger partial charge in [0.05, 0.1) is 17.1 Å². The molecule has 1 aliphatic carbocycles. The molecule has 1 aromatic carbocycles. The van der Waals surface area contributed by atoms with E-state index in [1.165, 1.54) is 0 Å². The zero-order valence-corrected chi connectivity index (χ0v) is 16.4. The van der Waals surface area contributed by atoms with Crippen LogP contribution in [0.2, 0.25) is 0 Å². The molecule has 1 N–H and O–H groups in total. The number of ketones is 1. The van der Waals surface area contributed by atoms with Gasteiger partial charge in [-0.1, -0.05) is 26.0 Å². The molecule has 140 valence electrons. The highest BCUT2D eigenvalue weighted by Crippen LogP contribution is 2.50. The molecule has 28 heavy (non-hydrogen) atoms. The number of anilines is 1. The summed E-state index contributed by atoms with van der Waals surface area (Å²) in [6.07, 6.45) is 5.12. The largest absolute Gasteiger partial charge is 0.358 e. The lowest BCUT2D eigenvalue weighted by Crippen LogP contribution is -2.34. The van der Waals surface area contributed by atoms with Crippen LogP contribution in [0.25, 0.3) is 10.9 Å². The average Bonchev–Trinajstić information content (AvgIpc) is 2.66. The molecule has 0 amide bonds. The number of nitrogens with zero attached hydrogens (tertiary/aromatic N) is 2. The second-order valence-corrected chi connectivity index (χ2v) is 8.75. The third-order valence-electron chi connectivity index (χ3n) is 5.84. The Morgan fingerprint density at radius 2 is 1.93 bits per heavy atom. The van der Waals surface area contributed by atoms with E-state index < -0.39 is 0 Å². The Morgan fingerprint density at radius 1 is 1.07 bits per heavy atom. The first-order chi connectivity index (χ1) is 13.4. The van der Waals surface area contributed by atoms with Gasteiger partial charge in [0.15, 0.2) is 5.78 Å². The van der Waals surface area contributed by atoms with Gasteiger partial charge in [-0.3, -0.25) is 14.8 Å². The van der Waals surface area contributed by atoms with Crippen LogP contribution in [0, 0.1) is 12.3 Å². The third kappa shape index (κ3) is 2.63. The van der Waals surface area contributed by atoms with Crippen LogP contribution in [0.15, 0.2) is 60.1 Å². The molecular weight excluding hydrogens is 346 g/mol. The lowest BCUT2D eigenvalue weighted by molar-refractivity contribution is -0.118. The van der Waals surface area contributed by atoms with Crippen molar-refractivity contribution in [2.75, 3.05) is 5.32 Å². The zero-order valence-electron chi connectivity index (χ0n) is 16.4. The maximum absolute atomic E-state index is 13.3. The van der Waals surface area contributed by atoms with Crippen LogP contribution < -0.4 is 5.32 Å². The lowest BCUT2D eigenvalue weighted by Gasteiger charge is -2.39. The molecule has 2 aliphatic rings. The molecule has 1 atom stereocenters. The van der Waals surface area contributed by atoms with Gasteiger partial charge in [-0.05, 0) is 54.2 Å². The van der Waals surface area contributed by atoms with Gasteiger partial charge in [0, 0.05) is 41.2 Å². The van der Waals surface area contributed by atoms with Gasteiger partial charge in [-0.2, -0.15) is 0 Å². The molecule has 4 nitrogen and oxygen atoms in total. The highest BCUT2D eigenvalue weighted by molar-refractivity contribution is 6.03. The van der Waals surface area contributed by atoms with E-state index in [9.17, 15) is 4.79 Å². The number of aryl methyl sites for hydroxylation is 1. The van der Waals surface area contributed by atoms with Crippen LogP contribution in [0.3, 0.4) is 0 Å². The first kappa shape index (κ1) is 17.1. The Kier molecular flexibility index (Phi) is 3.66. The Hall–Kier alpha value is -3.01. The normalized spacial score (nSPS) is 20.5. The molecule has 2 aromatic heterocycles. The van der Waals surface area contributed by atoms with Crippen molar-refractivity contribution in [1.82, 2.24) is 9.97 Å². The highest BCUT2D eigenvalue weighted by atomic mass is 16.1. The number of aromatic nitrogens is 2.